The lowest BCUT2D eigenvalue weighted by Crippen LogP contribution is -2.34. The standard InChI is InChI=1S/C23H30N6O4/c1-3-16-7-8-20-17(10-16)11-18(23(31)24-20)12-28(13-19-6-5-9-33-19)14-21-25-26-27-29(21)15-22(30)32-4-2/h7-8,10-11,19H,3-6,9,12-15H2,1-2H3,(H,24,31)/t19-/m0/s1. The van der Waals surface area contributed by atoms with Gasteiger partial charge in [0.2, 0.25) is 0 Å². The summed E-state index contributed by atoms with van der Waals surface area (Å²) in [5, 5.41) is 12.8. The first-order valence-electron chi connectivity index (χ1n) is 11.4. The summed E-state index contributed by atoms with van der Waals surface area (Å²) in [5.74, 6) is 0.140. The lowest BCUT2D eigenvalue weighted by atomic mass is 10.1. The fraction of sp³-hybridized carbons (Fsp3) is 0.522. The van der Waals surface area contributed by atoms with Crippen molar-refractivity contribution in [1.82, 2.24) is 30.1 Å². The van der Waals surface area contributed by atoms with Gasteiger partial charge in [0.1, 0.15) is 6.54 Å². The Balaban J connectivity index is 1.58. The van der Waals surface area contributed by atoms with Crippen molar-refractivity contribution in [3.8, 4) is 0 Å². The Labute approximate surface area is 191 Å². The van der Waals surface area contributed by atoms with Crippen LogP contribution in [-0.4, -0.2) is 61.9 Å². The second kappa shape index (κ2) is 10.7. The first-order chi connectivity index (χ1) is 16.1. The molecular formula is C23H30N6O4. The van der Waals surface area contributed by atoms with E-state index in [1.807, 2.05) is 18.2 Å². The Morgan fingerprint density at radius 2 is 2.18 bits per heavy atom. The van der Waals surface area contributed by atoms with Crippen molar-refractivity contribution >= 4 is 16.9 Å². The Bertz CT molecular complexity index is 1150. The van der Waals surface area contributed by atoms with Gasteiger partial charge in [-0.2, -0.15) is 0 Å². The second-order valence-corrected chi connectivity index (χ2v) is 8.26. The number of carbonyl (C=O) groups is 1. The maximum absolute atomic E-state index is 12.8. The molecule has 0 bridgehead atoms. The van der Waals surface area contributed by atoms with Gasteiger partial charge in [0.25, 0.3) is 5.56 Å². The predicted octanol–water partition coefficient (Wildman–Crippen LogP) is 1.82. The molecule has 10 heteroatoms. The normalized spacial score (nSPS) is 16.0. The van der Waals surface area contributed by atoms with Crippen LogP contribution in [0, 0.1) is 0 Å². The van der Waals surface area contributed by atoms with Gasteiger partial charge < -0.3 is 14.5 Å². The summed E-state index contributed by atoms with van der Waals surface area (Å²) >= 11 is 0. The monoisotopic (exact) mass is 454 g/mol. The number of ether oxygens (including phenoxy) is 2. The molecule has 3 heterocycles. The fourth-order valence-corrected chi connectivity index (χ4v) is 4.13. The van der Waals surface area contributed by atoms with Crippen molar-refractivity contribution in [2.45, 2.75) is 58.8 Å². The summed E-state index contributed by atoms with van der Waals surface area (Å²) in [6.07, 6.45) is 3.01. The summed E-state index contributed by atoms with van der Waals surface area (Å²) < 4.78 is 12.3. The molecule has 1 N–H and O–H groups in total. The van der Waals surface area contributed by atoms with Gasteiger partial charge in [-0.15, -0.1) is 5.10 Å². The average Bonchev–Trinajstić information content (AvgIpc) is 3.46. The highest BCUT2D eigenvalue weighted by molar-refractivity contribution is 5.79. The van der Waals surface area contributed by atoms with Crippen LogP contribution in [0.5, 0.6) is 0 Å². The van der Waals surface area contributed by atoms with E-state index in [1.165, 1.54) is 10.2 Å². The third kappa shape index (κ3) is 5.82. The number of nitrogens with one attached hydrogen (secondary N) is 1. The van der Waals surface area contributed by atoms with Crippen molar-refractivity contribution in [3.63, 3.8) is 0 Å². The molecule has 33 heavy (non-hydrogen) atoms. The van der Waals surface area contributed by atoms with Gasteiger partial charge in [-0.05, 0) is 65.8 Å². The lowest BCUT2D eigenvalue weighted by molar-refractivity contribution is -0.144. The molecule has 1 aliphatic heterocycles. The molecule has 1 fully saturated rings. The summed E-state index contributed by atoms with van der Waals surface area (Å²) in [4.78, 5) is 29.8. The Kier molecular flexibility index (Phi) is 7.46. The number of pyridine rings is 1. The van der Waals surface area contributed by atoms with Crippen LogP contribution >= 0.6 is 0 Å². The summed E-state index contributed by atoms with van der Waals surface area (Å²) in [6.45, 7) is 6.27. The average molecular weight is 455 g/mol. The van der Waals surface area contributed by atoms with E-state index in [2.05, 4.69) is 38.4 Å². The number of fused-ring (bicyclic) bond motifs is 1. The minimum atomic E-state index is -0.394. The Morgan fingerprint density at radius 1 is 1.30 bits per heavy atom. The molecule has 4 rings (SSSR count). The van der Waals surface area contributed by atoms with Crippen LogP contribution in [0.4, 0.5) is 0 Å². The number of esters is 1. The van der Waals surface area contributed by atoms with Gasteiger partial charge in [0.05, 0.1) is 19.3 Å². The van der Waals surface area contributed by atoms with Crippen molar-refractivity contribution in [2.75, 3.05) is 19.8 Å². The number of hydrogen-bond acceptors (Lipinski definition) is 8. The van der Waals surface area contributed by atoms with Crippen molar-refractivity contribution in [2.24, 2.45) is 0 Å². The molecule has 1 atom stereocenters. The van der Waals surface area contributed by atoms with Crippen LogP contribution in [0.1, 0.15) is 43.6 Å². The van der Waals surface area contributed by atoms with Gasteiger partial charge in [0.15, 0.2) is 5.82 Å². The van der Waals surface area contributed by atoms with Crippen LogP contribution in [0.15, 0.2) is 29.1 Å². The third-order valence-corrected chi connectivity index (χ3v) is 5.83. The van der Waals surface area contributed by atoms with E-state index < -0.39 is 5.97 Å². The lowest BCUT2D eigenvalue weighted by Gasteiger charge is -2.24. The summed E-state index contributed by atoms with van der Waals surface area (Å²) in [6, 6.07) is 8.05. The van der Waals surface area contributed by atoms with E-state index >= 15 is 0 Å². The SMILES string of the molecule is CCOC(=O)Cn1nnnc1CN(Cc1cc2cc(CC)ccc2[nH]c1=O)C[C@@H]1CCCO1. The molecule has 0 aliphatic carbocycles. The zero-order chi connectivity index (χ0) is 23.2. The Hall–Kier alpha value is -3.11. The van der Waals surface area contributed by atoms with Gasteiger partial charge >= 0.3 is 5.97 Å². The van der Waals surface area contributed by atoms with E-state index in [4.69, 9.17) is 9.47 Å². The number of aromatic amines is 1. The maximum atomic E-state index is 12.8. The molecular weight excluding hydrogens is 424 g/mol. The maximum Gasteiger partial charge on any atom is 0.327 e. The van der Waals surface area contributed by atoms with Crippen LogP contribution < -0.4 is 5.56 Å². The van der Waals surface area contributed by atoms with E-state index in [1.54, 1.807) is 6.92 Å². The molecule has 1 aliphatic rings. The zero-order valence-electron chi connectivity index (χ0n) is 19.1. The smallest absolute Gasteiger partial charge is 0.327 e. The number of rotatable bonds is 10. The number of hydrogen-bond donors (Lipinski definition) is 1. The number of nitrogens with zero attached hydrogens (tertiary/aromatic N) is 5. The number of tetrazole rings is 1. The van der Waals surface area contributed by atoms with Crippen LogP contribution in [0.2, 0.25) is 0 Å². The number of carbonyl (C=O) groups excluding carboxylic acids is 1. The van der Waals surface area contributed by atoms with E-state index in [0.717, 1.165) is 36.8 Å². The van der Waals surface area contributed by atoms with Crippen LogP contribution in [-0.2, 0) is 40.3 Å². The largest absolute Gasteiger partial charge is 0.465 e. The molecule has 0 saturated carbocycles. The molecule has 3 aromatic rings. The molecule has 10 nitrogen and oxygen atoms in total. The highest BCUT2D eigenvalue weighted by Crippen LogP contribution is 2.18. The van der Waals surface area contributed by atoms with Crippen molar-refractivity contribution in [1.29, 1.82) is 0 Å². The van der Waals surface area contributed by atoms with Crippen LogP contribution in [0.25, 0.3) is 10.9 Å². The number of aromatic nitrogens is 5. The minimum Gasteiger partial charge on any atom is -0.465 e. The highest BCUT2D eigenvalue weighted by Gasteiger charge is 2.23. The first kappa shape index (κ1) is 23.1. The van der Waals surface area contributed by atoms with Gasteiger partial charge in [-0.1, -0.05) is 13.0 Å². The minimum absolute atomic E-state index is 0.0553. The second-order valence-electron chi connectivity index (χ2n) is 8.26. The fourth-order valence-electron chi connectivity index (χ4n) is 4.13. The predicted molar refractivity (Wildman–Crippen MR) is 121 cm³/mol. The quantitative estimate of drug-likeness (QED) is 0.461. The number of aryl methyl sites for hydroxylation is 1. The molecule has 1 aromatic carbocycles. The summed E-state index contributed by atoms with van der Waals surface area (Å²) in [7, 11) is 0. The van der Waals surface area contributed by atoms with Crippen LogP contribution in [0.3, 0.4) is 0 Å². The summed E-state index contributed by atoms with van der Waals surface area (Å²) in [5.41, 5.74) is 2.59. The molecule has 0 spiro atoms. The topological polar surface area (TPSA) is 115 Å². The molecule has 0 unspecified atom stereocenters. The van der Waals surface area contributed by atoms with E-state index in [0.29, 0.717) is 37.6 Å². The zero-order valence-corrected chi connectivity index (χ0v) is 19.1. The third-order valence-electron chi connectivity index (χ3n) is 5.83. The Morgan fingerprint density at radius 3 is 2.94 bits per heavy atom. The van der Waals surface area contributed by atoms with Crippen molar-refractivity contribution in [3.05, 3.63) is 51.6 Å². The molecule has 0 radical (unpaired) electrons. The van der Waals surface area contributed by atoms with Gasteiger partial charge in [-0.25, -0.2) is 4.68 Å². The highest BCUT2D eigenvalue weighted by atomic mass is 16.5. The van der Waals surface area contributed by atoms with Gasteiger partial charge in [-0.3, -0.25) is 14.5 Å². The molecule has 0 amide bonds. The first-order valence-corrected chi connectivity index (χ1v) is 11.4. The van der Waals surface area contributed by atoms with E-state index in [-0.39, 0.29) is 18.2 Å². The van der Waals surface area contributed by atoms with Crippen molar-refractivity contribution < 1.29 is 14.3 Å². The molecule has 1 saturated heterocycles. The molecule has 2 aromatic heterocycles. The molecule has 176 valence electrons. The van der Waals surface area contributed by atoms with Gasteiger partial charge in [0, 0.05) is 30.8 Å². The number of H-pyrrole nitrogens is 1. The van der Waals surface area contributed by atoms with E-state index in [9.17, 15) is 9.59 Å². The number of benzene rings is 1.